The second kappa shape index (κ2) is 7.69. The monoisotopic (exact) mass is 428 g/mol. The van der Waals surface area contributed by atoms with Gasteiger partial charge in [0.2, 0.25) is 5.91 Å². The highest BCUT2D eigenvalue weighted by Crippen LogP contribution is 2.42. The van der Waals surface area contributed by atoms with E-state index in [4.69, 9.17) is 10.5 Å². The minimum atomic E-state index is -0.488. The van der Waals surface area contributed by atoms with E-state index in [9.17, 15) is 9.59 Å². The maximum absolute atomic E-state index is 12.7. The first-order valence-corrected chi connectivity index (χ1v) is 11.4. The molecule has 0 radical (unpaired) electrons. The van der Waals surface area contributed by atoms with Crippen molar-refractivity contribution >= 4 is 23.4 Å². The van der Waals surface area contributed by atoms with E-state index >= 15 is 0 Å². The summed E-state index contributed by atoms with van der Waals surface area (Å²) in [7, 11) is 0. The van der Waals surface area contributed by atoms with Gasteiger partial charge in [0.25, 0.3) is 0 Å². The Kier molecular flexibility index (Phi) is 5.44. The summed E-state index contributed by atoms with van der Waals surface area (Å²) in [5.74, 6) is 0.220. The molecule has 0 aromatic heterocycles. The van der Waals surface area contributed by atoms with Gasteiger partial charge in [-0.3, -0.25) is 4.79 Å². The number of piperidine rings is 2. The summed E-state index contributed by atoms with van der Waals surface area (Å²) >= 11 is 0. The Morgan fingerprint density at radius 3 is 2.35 bits per heavy atom. The van der Waals surface area contributed by atoms with E-state index < -0.39 is 5.60 Å². The van der Waals surface area contributed by atoms with Crippen molar-refractivity contribution in [1.29, 1.82) is 0 Å². The molecule has 1 aromatic carbocycles. The fourth-order valence-electron chi connectivity index (χ4n) is 5.39. The fraction of sp³-hybridized carbons (Fsp3) is 0.667. The zero-order valence-electron chi connectivity index (χ0n) is 19.6. The van der Waals surface area contributed by atoms with Crippen LogP contribution in [-0.2, 0) is 9.53 Å². The molecule has 3 fully saturated rings. The molecule has 0 saturated carbocycles. The van der Waals surface area contributed by atoms with E-state index in [2.05, 4.69) is 30.9 Å². The molecule has 7 nitrogen and oxygen atoms in total. The van der Waals surface area contributed by atoms with Crippen molar-refractivity contribution in [3.8, 4) is 0 Å². The molecule has 4 aliphatic rings. The number of benzene rings is 1. The first-order valence-electron chi connectivity index (χ1n) is 11.4. The molecule has 2 bridgehead atoms. The smallest absolute Gasteiger partial charge is 0.410 e. The van der Waals surface area contributed by atoms with Gasteiger partial charge in [0.1, 0.15) is 5.60 Å². The average Bonchev–Trinajstić information content (AvgIpc) is 2.71. The van der Waals surface area contributed by atoms with Crippen LogP contribution in [0.1, 0.15) is 66.0 Å². The minimum absolute atomic E-state index is 0.0466. The van der Waals surface area contributed by atoms with Crippen molar-refractivity contribution in [1.82, 2.24) is 4.90 Å². The van der Waals surface area contributed by atoms with Gasteiger partial charge in [0.05, 0.1) is 6.04 Å². The van der Waals surface area contributed by atoms with Crippen LogP contribution >= 0.6 is 0 Å². The summed E-state index contributed by atoms with van der Waals surface area (Å²) in [6.07, 6.45) is 1.84. The zero-order valence-corrected chi connectivity index (χ0v) is 19.6. The van der Waals surface area contributed by atoms with Gasteiger partial charge in [-0.15, -0.1) is 0 Å². The van der Waals surface area contributed by atoms with Gasteiger partial charge in [-0.2, -0.15) is 0 Å². The second-order valence-electron chi connectivity index (χ2n) is 10.4. The molecule has 4 aliphatic heterocycles. The van der Waals surface area contributed by atoms with Crippen LogP contribution in [0.4, 0.5) is 16.2 Å². The van der Waals surface area contributed by atoms with E-state index in [0.717, 1.165) is 36.3 Å². The van der Waals surface area contributed by atoms with Crippen molar-refractivity contribution in [3.05, 3.63) is 23.8 Å². The molecule has 2 N–H and O–H groups in total. The number of piperazine rings is 1. The van der Waals surface area contributed by atoms with Crippen molar-refractivity contribution < 1.29 is 14.3 Å². The number of nitrogens with two attached hydrogens (primary N) is 1. The normalized spacial score (nSPS) is 30.3. The van der Waals surface area contributed by atoms with Crippen LogP contribution in [-0.4, -0.2) is 53.7 Å². The number of hydrogen-bond donors (Lipinski definition) is 1. The molecular weight excluding hydrogens is 392 g/mol. The third-order valence-corrected chi connectivity index (χ3v) is 7.19. The maximum Gasteiger partial charge on any atom is 0.410 e. The molecule has 2 amide bonds. The van der Waals surface area contributed by atoms with Gasteiger partial charge in [-0.05, 0) is 70.2 Å². The quantitative estimate of drug-likeness (QED) is 0.738. The fourth-order valence-corrected chi connectivity index (χ4v) is 5.39. The van der Waals surface area contributed by atoms with E-state index in [0.29, 0.717) is 6.54 Å². The number of hydrogen-bond acceptors (Lipinski definition) is 5. The largest absolute Gasteiger partial charge is 0.444 e. The Hall–Kier alpha value is -2.28. The highest BCUT2D eigenvalue weighted by Gasteiger charge is 2.43. The van der Waals surface area contributed by atoms with Gasteiger partial charge in [0.15, 0.2) is 0 Å². The second-order valence-corrected chi connectivity index (χ2v) is 10.4. The molecule has 3 unspecified atom stereocenters. The van der Waals surface area contributed by atoms with E-state index in [1.54, 1.807) is 6.92 Å². The first kappa shape index (κ1) is 21.9. The summed E-state index contributed by atoms with van der Waals surface area (Å²) < 4.78 is 5.63. The minimum Gasteiger partial charge on any atom is -0.444 e. The van der Waals surface area contributed by atoms with Crippen molar-refractivity contribution in [2.45, 2.75) is 84.2 Å². The Bertz CT molecular complexity index is 880. The molecule has 1 aromatic rings. The number of ether oxygens (including phenoxy) is 1. The van der Waals surface area contributed by atoms with Crippen LogP contribution in [0, 0.1) is 5.92 Å². The highest BCUT2D eigenvalue weighted by molar-refractivity contribution is 5.94. The molecular formula is C24H36N4O3. The van der Waals surface area contributed by atoms with Crippen LogP contribution in [0.15, 0.2) is 18.2 Å². The third-order valence-electron chi connectivity index (χ3n) is 7.19. The number of nitrogens with zero attached hydrogens (tertiary/aromatic N) is 3. The van der Waals surface area contributed by atoms with Crippen LogP contribution in [0.25, 0.3) is 0 Å². The molecule has 5 atom stereocenters. The first-order chi connectivity index (χ1) is 14.5. The van der Waals surface area contributed by atoms with E-state index in [1.165, 1.54) is 0 Å². The van der Waals surface area contributed by atoms with Crippen molar-refractivity contribution in [3.63, 3.8) is 0 Å². The zero-order chi connectivity index (χ0) is 22.7. The Balaban J connectivity index is 1.59. The molecule has 0 spiro atoms. The molecule has 0 aliphatic carbocycles. The number of amides is 2. The summed E-state index contributed by atoms with van der Waals surface area (Å²) in [5, 5.41) is 0. The lowest BCUT2D eigenvalue weighted by Gasteiger charge is -2.52. The summed E-state index contributed by atoms with van der Waals surface area (Å²) in [4.78, 5) is 31.2. The van der Waals surface area contributed by atoms with Gasteiger partial charge in [0, 0.05) is 49.5 Å². The number of carbonyl (C=O) groups excluding carboxylic acids is 2. The number of fused-ring (bicyclic) bond motifs is 4. The van der Waals surface area contributed by atoms with Crippen molar-refractivity contribution in [2.24, 2.45) is 11.7 Å². The summed E-state index contributed by atoms with van der Waals surface area (Å²) in [6, 6.07) is 6.68. The van der Waals surface area contributed by atoms with Gasteiger partial charge < -0.3 is 25.2 Å². The molecule has 170 valence electrons. The lowest BCUT2D eigenvalue weighted by atomic mass is 9.83. The topological polar surface area (TPSA) is 79.1 Å². The average molecular weight is 429 g/mol. The lowest BCUT2D eigenvalue weighted by Crippen LogP contribution is -2.64. The maximum atomic E-state index is 12.7. The standard InChI is InChI=1S/C24H36N4O3/c1-14-15(2)28(16(3)29)21-10-9-17(11-20(21)22(14)25)26-12-19-8-7-18(26)13-27(19)23(30)31-24(4,5)6/h9-11,14-15,18-19,22H,7-8,12-13,25H2,1-6H3/t14-,15-,18?,19?,22?/m0/s1. The highest BCUT2D eigenvalue weighted by atomic mass is 16.6. The van der Waals surface area contributed by atoms with Gasteiger partial charge in [-0.25, -0.2) is 4.79 Å². The predicted molar refractivity (Wildman–Crippen MR) is 122 cm³/mol. The van der Waals surface area contributed by atoms with Crippen LogP contribution in [0.3, 0.4) is 0 Å². The number of anilines is 2. The Labute approximate surface area is 185 Å². The van der Waals surface area contributed by atoms with E-state index in [-0.39, 0.29) is 42.1 Å². The molecule has 31 heavy (non-hydrogen) atoms. The van der Waals surface area contributed by atoms with Crippen LogP contribution in [0.5, 0.6) is 0 Å². The molecule has 3 saturated heterocycles. The number of carbonyl (C=O) groups is 2. The van der Waals surface area contributed by atoms with Crippen LogP contribution < -0.4 is 15.5 Å². The lowest BCUT2D eigenvalue weighted by molar-refractivity contribution is -0.117. The van der Waals surface area contributed by atoms with E-state index in [1.807, 2.05) is 36.6 Å². The SMILES string of the molecule is CC(=O)N1c2ccc(N3CC4CCC3CN4C(=O)OC(C)(C)C)cc2C(N)[C@@H](C)[C@@H]1C. The Morgan fingerprint density at radius 2 is 1.77 bits per heavy atom. The molecule has 4 heterocycles. The van der Waals surface area contributed by atoms with Crippen LogP contribution in [0.2, 0.25) is 0 Å². The molecule has 5 rings (SSSR count). The van der Waals surface area contributed by atoms with Crippen molar-refractivity contribution in [2.75, 3.05) is 22.9 Å². The number of rotatable bonds is 1. The van der Waals surface area contributed by atoms with Gasteiger partial charge in [-0.1, -0.05) is 6.92 Å². The predicted octanol–water partition coefficient (Wildman–Crippen LogP) is 3.67. The summed E-state index contributed by atoms with van der Waals surface area (Å²) in [5.41, 5.74) is 9.20. The third kappa shape index (κ3) is 3.88. The van der Waals surface area contributed by atoms with Gasteiger partial charge >= 0.3 is 6.09 Å². The summed E-state index contributed by atoms with van der Waals surface area (Å²) in [6.45, 7) is 13.0. The molecule has 7 heteroatoms. The Morgan fingerprint density at radius 1 is 1.10 bits per heavy atom.